The number of thiazole rings is 1. The Hall–Kier alpha value is -0.0600. The van der Waals surface area contributed by atoms with E-state index in [-0.39, 0.29) is 0 Å². The average molecular weight is 299 g/mol. The van der Waals surface area contributed by atoms with E-state index in [0.717, 1.165) is 24.6 Å². The lowest BCUT2D eigenvalue weighted by molar-refractivity contribution is 0.163. The highest BCUT2D eigenvalue weighted by atomic mass is 32.1. The van der Waals surface area contributed by atoms with E-state index < -0.39 is 0 Å². The third-order valence-corrected chi connectivity index (χ3v) is 5.69. The maximum absolute atomic E-state index is 4.82. The fourth-order valence-corrected chi connectivity index (χ4v) is 4.17. The largest absolute Gasteiger partial charge is 0.300 e. The summed E-state index contributed by atoms with van der Waals surface area (Å²) in [4.78, 5) is 8.83. The van der Waals surface area contributed by atoms with Crippen molar-refractivity contribution in [3.8, 4) is 0 Å². The number of hydrogen-bond acceptors (Lipinski definition) is 4. The van der Waals surface area contributed by atoms with E-state index in [4.69, 9.17) is 4.98 Å². The van der Waals surface area contributed by atoms with Gasteiger partial charge in [-0.1, -0.05) is 19.8 Å². The molecule has 1 aliphatic heterocycles. The molecule has 0 amide bonds. The lowest BCUT2D eigenvalue weighted by atomic mass is 10.0. The molecule has 2 nitrogen and oxygen atoms in total. The van der Waals surface area contributed by atoms with E-state index in [1.807, 2.05) is 11.3 Å². The van der Waals surface area contributed by atoms with Crippen LogP contribution in [0.5, 0.6) is 0 Å². The summed E-state index contributed by atoms with van der Waals surface area (Å²) in [6.45, 7) is 7.03. The molecule has 0 spiro atoms. The molecule has 108 valence electrons. The number of likely N-dealkylation sites (tertiary alicyclic amines) is 1. The highest BCUT2D eigenvalue weighted by Crippen LogP contribution is 2.23. The molecule has 2 rings (SSSR count). The molecule has 2 heterocycles. The van der Waals surface area contributed by atoms with E-state index in [1.54, 1.807) is 0 Å². The number of hydrogen-bond donors (Lipinski definition) is 1. The van der Waals surface area contributed by atoms with E-state index in [1.165, 1.54) is 54.4 Å². The van der Waals surface area contributed by atoms with Crippen molar-refractivity contribution in [2.45, 2.75) is 64.2 Å². The van der Waals surface area contributed by atoms with Crippen LogP contribution in [-0.4, -0.2) is 29.0 Å². The van der Waals surface area contributed by atoms with Crippen molar-refractivity contribution in [3.05, 3.63) is 15.6 Å². The maximum Gasteiger partial charge on any atom is 0.0944 e. The summed E-state index contributed by atoms with van der Waals surface area (Å²) in [6.07, 6.45) is 7.52. The summed E-state index contributed by atoms with van der Waals surface area (Å²) in [5.41, 5.74) is 1.30. The molecule has 19 heavy (non-hydrogen) atoms. The second-order valence-corrected chi connectivity index (χ2v) is 7.00. The summed E-state index contributed by atoms with van der Waals surface area (Å²) >= 11 is 6.31. The molecule has 0 N–H and O–H groups in total. The predicted molar refractivity (Wildman–Crippen MR) is 87.4 cm³/mol. The highest BCUT2D eigenvalue weighted by Gasteiger charge is 2.18. The Morgan fingerprint density at radius 1 is 1.37 bits per heavy atom. The first-order valence-electron chi connectivity index (χ1n) is 7.57. The Morgan fingerprint density at radius 2 is 2.21 bits per heavy atom. The van der Waals surface area contributed by atoms with Crippen molar-refractivity contribution in [2.24, 2.45) is 0 Å². The Balaban J connectivity index is 1.91. The zero-order valence-corrected chi connectivity index (χ0v) is 13.9. The molecule has 0 aromatic carbocycles. The molecule has 1 saturated heterocycles. The molecule has 1 atom stereocenters. The van der Waals surface area contributed by atoms with Gasteiger partial charge in [0.05, 0.1) is 10.7 Å². The third kappa shape index (κ3) is 4.20. The molecule has 1 aromatic rings. The fourth-order valence-electron chi connectivity index (χ4n) is 2.83. The minimum absolute atomic E-state index is 0.758. The van der Waals surface area contributed by atoms with Crippen LogP contribution in [0, 0.1) is 0 Å². The van der Waals surface area contributed by atoms with Crippen molar-refractivity contribution in [1.29, 1.82) is 0 Å². The average Bonchev–Trinajstić information content (AvgIpc) is 2.81. The van der Waals surface area contributed by atoms with Crippen LogP contribution in [0.4, 0.5) is 0 Å². The van der Waals surface area contributed by atoms with Gasteiger partial charge in [0, 0.05) is 29.6 Å². The van der Waals surface area contributed by atoms with E-state index >= 15 is 0 Å². The summed E-state index contributed by atoms with van der Waals surface area (Å²) in [5, 5.41) is 1.31. The van der Waals surface area contributed by atoms with Gasteiger partial charge >= 0.3 is 0 Å². The first-order chi connectivity index (χ1) is 9.24. The van der Waals surface area contributed by atoms with Crippen molar-refractivity contribution in [2.75, 3.05) is 13.1 Å². The van der Waals surface area contributed by atoms with Crippen molar-refractivity contribution >= 4 is 24.0 Å². The molecule has 1 aromatic heterocycles. The Kier molecular flexibility index (Phi) is 6.17. The van der Waals surface area contributed by atoms with Crippen LogP contribution in [0.1, 0.15) is 55.1 Å². The van der Waals surface area contributed by atoms with Gasteiger partial charge in [-0.2, -0.15) is 12.6 Å². The zero-order valence-electron chi connectivity index (χ0n) is 12.2. The van der Waals surface area contributed by atoms with Crippen LogP contribution in [0.25, 0.3) is 0 Å². The Bertz CT molecular complexity index is 389. The van der Waals surface area contributed by atoms with Gasteiger partial charge in [-0.25, -0.2) is 4.98 Å². The SMILES string of the molecule is CCCc1nc(CCN2CCCCC2C)sc1CS. The van der Waals surface area contributed by atoms with Gasteiger partial charge < -0.3 is 4.90 Å². The summed E-state index contributed by atoms with van der Waals surface area (Å²) in [6, 6.07) is 0.758. The smallest absolute Gasteiger partial charge is 0.0944 e. The molecule has 1 fully saturated rings. The second kappa shape index (κ2) is 7.65. The van der Waals surface area contributed by atoms with Crippen LogP contribution in [0.2, 0.25) is 0 Å². The minimum Gasteiger partial charge on any atom is -0.300 e. The first kappa shape index (κ1) is 15.3. The van der Waals surface area contributed by atoms with Gasteiger partial charge in [-0.3, -0.25) is 0 Å². The van der Waals surface area contributed by atoms with Crippen molar-refractivity contribution < 1.29 is 0 Å². The molecule has 0 radical (unpaired) electrons. The monoisotopic (exact) mass is 298 g/mol. The summed E-state index contributed by atoms with van der Waals surface area (Å²) < 4.78 is 0. The predicted octanol–water partition coefficient (Wildman–Crippen LogP) is 3.94. The Labute approximate surface area is 127 Å². The van der Waals surface area contributed by atoms with Gasteiger partial charge in [-0.05, 0) is 32.7 Å². The van der Waals surface area contributed by atoms with Crippen LogP contribution in [0.3, 0.4) is 0 Å². The van der Waals surface area contributed by atoms with Gasteiger partial charge in [-0.15, -0.1) is 11.3 Å². The Morgan fingerprint density at radius 3 is 2.89 bits per heavy atom. The summed E-state index contributed by atoms with van der Waals surface area (Å²) in [5.74, 6) is 0.840. The molecular formula is C15H26N2S2. The van der Waals surface area contributed by atoms with Gasteiger partial charge in [0.1, 0.15) is 0 Å². The topological polar surface area (TPSA) is 16.1 Å². The van der Waals surface area contributed by atoms with Gasteiger partial charge in [0.25, 0.3) is 0 Å². The first-order valence-corrected chi connectivity index (χ1v) is 9.01. The molecule has 4 heteroatoms. The van der Waals surface area contributed by atoms with Crippen LogP contribution >= 0.6 is 24.0 Å². The minimum atomic E-state index is 0.758. The molecular weight excluding hydrogens is 272 g/mol. The van der Waals surface area contributed by atoms with Gasteiger partial charge in [0.15, 0.2) is 0 Å². The number of thiol groups is 1. The standard InChI is InChI=1S/C15H26N2S2/c1-3-6-13-14(11-18)19-15(16-13)8-10-17-9-5-4-7-12(17)2/h12,18H,3-11H2,1-2H3. The lowest BCUT2D eigenvalue weighted by Crippen LogP contribution is -2.38. The molecule has 0 bridgehead atoms. The number of aromatic nitrogens is 1. The second-order valence-electron chi connectivity index (χ2n) is 5.52. The quantitative estimate of drug-likeness (QED) is 0.801. The van der Waals surface area contributed by atoms with Crippen molar-refractivity contribution in [3.63, 3.8) is 0 Å². The number of aryl methyl sites for hydroxylation is 1. The molecule has 1 aliphatic rings. The molecule has 0 saturated carbocycles. The van der Waals surface area contributed by atoms with E-state index in [9.17, 15) is 0 Å². The zero-order chi connectivity index (χ0) is 13.7. The van der Waals surface area contributed by atoms with Crippen LogP contribution in [0.15, 0.2) is 0 Å². The van der Waals surface area contributed by atoms with Crippen LogP contribution < -0.4 is 0 Å². The normalized spacial score (nSPS) is 20.9. The third-order valence-electron chi connectivity index (χ3n) is 4.01. The van der Waals surface area contributed by atoms with Gasteiger partial charge in [0.2, 0.25) is 0 Å². The number of nitrogens with zero attached hydrogens (tertiary/aromatic N) is 2. The van der Waals surface area contributed by atoms with E-state index in [0.29, 0.717) is 0 Å². The fraction of sp³-hybridized carbons (Fsp3) is 0.800. The van der Waals surface area contributed by atoms with Crippen LogP contribution in [-0.2, 0) is 18.6 Å². The summed E-state index contributed by atoms with van der Waals surface area (Å²) in [7, 11) is 0. The highest BCUT2D eigenvalue weighted by molar-refractivity contribution is 7.79. The van der Waals surface area contributed by atoms with Crippen molar-refractivity contribution in [1.82, 2.24) is 9.88 Å². The maximum atomic E-state index is 4.82. The molecule has 0 aliphatic carbocycles. The van der Waals surface area contributed by atoms with E-state index in [2.05, 4.69) is 31.4 Å². The number of piperidine rings is 1. The lowest BCUT2D eigenvalue weighted by Gasteiger charge is -2.33. The molecule has 1 unspecified atom stereocenters. The number of rotatable bonds is 6.